The van der Waals surface area contributed by atoms with E-state index in [9.17, 15) is 4.79 Å². The van der Waals surface area contributed by atoms with Crippen LogP contribution in [0.3, 0.4) is 0 Å². The summed E-state index contributed by atoms with van der Waals surface area (Å²) in [5, 5.41) is -0.630. The van der Waals surface area contributed by atoms with Gasteiger partial charge in [-0.2, -0.15) is 0 Å². The highest BCUT2D eigenvalue weighted by atomic mass is 32.1. The monoisotopic (exact) mass is 119 g/mol. The molecular formula is C4H7O2S. The van der Waals surface area contributed by atoms with Crippen LogP contribution in [0.4, 0.5) is 4.79 Å². The number of hydrogen-bond donors (Lipinski definition) is 0. The second kappa shape index (κ2) is 2.80. The quantitative estimate of drug-likeness (QED) is 0.491. The van der Waals surface area contributed by atoms with Gasteiger partial charge in [-0.25, -0.2) is 4.79 Å². The van der Waals surface area contributed by atoms with Crippen LogP contribution in [0.5, 0.6) is 0 Å². The Kier molecular flexibility index (Phi) is 2.67. The SMILES string of the molecule is CC(C)OC(=O)[S]. The van der Waals surface area contributed by atoms with Crippen LogP contribution in [-0.4, -0.2) is 11.4 Å². The number of carbonyl (C=O) groups excluding carboxylic acids is 1. The largest absolute Gasteiger partial charge is 0.451 e. The molecule has 0 N–H and O–H groups in total. The lowest BCUT2D eigenvalue weighted by Gasteiger charge is -2.00. The number of carbonyl (C=O) groups is 1. The van der Waals surface area contributed by atoms with Crippen LogP contribution < -0.4 is 0 Å². The number of rotatable bonds is 1. The lowest BCUT2D eigenvalue weighted by Crippen LogP contribution is -2.03. The van der Waals surface area contributed by atoms with Crippen molar-refractivity contribution in [2.24, 2.45) is 0 Å². The van der Waals surface area contributed by atoms with Gasteiger partial charge in [-0.1, -0.05) is 0 Å². The Morgan fingerprint density at radius 1 is 1.71 bits per heavy atom. The topological polar surface area (TPSA) is 26.3 Å². The van der Waals surface area contributed by atoms with Crippen LogP contribution in [0.25, 0.3) is 0 Å². The maximum absolute atomic E-state index is 9.85. The Hall–Kier alpha value is -0.310. The number of hydrogen-bond acceptors (Lipinski definition) is 2. The van der Waals surface area contributed by atoms with Gasteiger partial charge in [0.15, 0.2) is 0 Å². The van der Waals surface area contributed by atoms with Gasteiger partial charge in [-0.15, -0.1) is 0 Å². The maximum atomic E-state index is 9.85. The molecule has 0 heterocycles. The van der Waals surface area contributed by atoms with E-state index in [0.29, 0.717) is 0 Å². The Morgan fingerprint density at radius 3 is 2.14 bits per heavy atom. The van der Waals surface area contributed by atoms with Crippen molar-refractivity contribution in [1.82, 2.24) is 0 Å². The zero-order chi connectivity index (χ0) is 5.86. The molecule has 0 aliphatic rings. The fourth-order valence-electron chi connectivity index (χ4n) is 0.192. The first kappa shape index (κ1) is 6.69. The molecule has 3 heteroatoms. The van der Waals surface area contributed by atoms with Crippen molar-refractivity contribution in [3.63, 3.8) is 0 Å². The fourth-order valence-corrected chi connectivity index (χ4v) is 0.385. The van der Waals surface area contributed by atoms with Crippen LogP contribution in [0.1, 0.15) is 13.8 Å². The van der Waals surface area contributed by atoms with E-state index in [1.54, 1.807) is 13.8 Å². The van der Waals surface area contributed by atoms with Gasteiger partial charge in [0.05, 0.1) is 6.10 Å². The Morgan fingerprint density at radius 2 is 2.14 bits per heavy atom. The summed E-state index contributed by atoms with van der Waals surface area (Å²) in [6.07, 6.45) is -0.0787. The number of ether oxygens (including phenoxy) is 1. The van der Waals surface area contributed by atoms with Crippen molar-refractivity contribution >= 4 is 17.9 Å². The van der Waals surface area contributed by atoms with E-state index in [4.69, 9.17) is 0 Å². The standard InChI is InChI=1S/C4H7O2S/c1-3(2)6-4(5)7/h3H,1-2H3. The molecule has 41 valence electrons. The van der Waals surface area contributed by atoms with E-state index in [1.807, 2.05) is 0 Å². The first-order valence-corrected chi connectivity index (χ1v) is 2.41. The van der Waals surface area contributed by atoms with Gasteiger partial charge in [0, 0.05) is 12.6 Å². The van der Waals surface area contributed by atoms with Crippen molar-refractivity contribution in [3.8, 4) is 0 Å². The van der Waals surface area contributed by atoms with Gasteiger partial charge in [0.2, 0.25) is 0 Å². The minimum absolute atomic E-state index is 0.0787. The van der Waals surface area contributed by atoms with Crippen LogP contribution in [0, 0.1) is 0 Å². The highest BCUT2D eigenvalue weighted by Gasteiger charge is 1.96. The summed E-state index contributed by atoms with van der Waals surface area (Å²) in [7, 11) is 0. The van der Waals surface area contributed by atoms with Gasteiger partial charge in [0.1, 0.15) is 0 Å². The molecule has 0 spiro atoms. The van der Waals surface area contributed by atoms with Crippen molar-refractivity contribution in [3.05, 3.63) is 0 Å². The highest BCUT2D eigenvalue weighted by molar-refractivity contribution is 7.96. The highest BCUT2D eigenvalue weighted by Crippen LogP contribution is 1.91. The van der Waals surface area contributed by atoms with Crippen molar-refractivity contribution in [2.45, 2.75) is 20.0 Å². The molecule has 0 fully saturated rings. The molecular weight excluding hydrogens is 112 g/mol. The molecule has 7 heavy (non-hydrogen) atoms. The molecule has 0 aliphatic heterocycles. The predicted octanol–water partition coefficient (Wildman–Crippen LogP) is 1.73. The molecule has 0 aliphatic carbocycles. The minimum Gasteiger partial charge on any atom is -0.451 e. The molecule has 0 atom stereocenters. The van der Waals surface area contributed by atoms with Crippen molar-refractivity contribution < 1.29 is 9.53 Å². The average Bonchev–Trinajstić information content (AvgIpc) is 1.27. The predicted molar refractivity (Wildman–Crippen MR) is 29.2 cm³/mol. The summed E-state index contributed by atoms with van der Waals surface area (Å²) in [5.41, 5.74) is 0. The summed E-state index contributed by atoms with van der Waals surface area (Å²) in [6.45, 7) is 3.51. The molecule has 0 aromatic carbocycles. The van der Waals surface area contributed by atoms with Crippen molar-refractivity contribution in [1.29, 1.82) is 0 Å². The van der Waals surface area contributed by atoms with E-state index in [-0.39, 0.29) is 6.10 Å². The fraction of sp³-hybridized carbons (Fsp3) is 0.750. The van der Waals surface area contributed by atoms with E-state index in [0.717, 1.165) is 0 Å². The van der Waals surface area contributed by atoms with E-state index < -0.39 is 5.30 Å². The van der Waals surface area contributed by atoms with Gasteiger partial charge >= 0.3 is 5.30 Å². The average molecular weight is 119 g/mol. The van der Waals surface area contributed by atoms with Gasteiger partial charge in [-0.05, 0) is 13.8 Å². The Balaban J connectivity index is 3.13. The van der Waals surface area contributed by atoms with Crippen LogP contribution in [0.2, 0.25) is 0 Å². The second-order valence-corrected chi connectivity index (χ2v) is 1.75. The zero-order valence-electron chi connectivity index (χ0n) is 4.30. The third-order valence-electron chi connectivity index (χ3n) is 0.332. The minimum atomic E-state index is -0.630. The summed E-state index contributed by atoms with van der Waals surface area (Å²) >= 11 is 4.09. The first-order valence-electron chi connectivity index (χ1n) is 2.00. The zero-order valence-corrected chi connectivity index (χ0v) is 5.12. The molecule has 2 nitrogen and oxygen atoms in total. The lowest BCUT2D eigenvalue weighted by molar-refractivity contribution is 0.143. The Labute approximate surface area is 48.3 Å². The summed E-state index contributed by atoms with van der Waals surface area (Å²) in [6, 6.07) is 0. The third-order valence-corrected chi connectivity index (χ3v) is 0.428. The van der Waals surface area contributed by atoms with Gasteiger partial charge < -0.3 is 4.74 Å². The third kappa shape index (κ3) is 5.69. The van der Waals surface area contributed by atoms with Crippen molar-refractivity contribution in [2.75, 3.05) is 0 Å². The van der Waals surface area contributed by atoms with Gasteiger partial charge in [0.25, 0.3) is 0 Å². The smallest absolute Gasteiger partial charge is 0.400 e. The van der Waals surface area contributed by atoms with Crippen LogP contribution >= 0.6 is 12.6 Å². The lowest BCUT2D eigenvalue weighted by atomic mass is 10.5. The van der Waals surface area contributed by atoms with Crippen LogP contribution in [0.15, 0.2) is 0 Å². The van der Waals surface area contributed by atoms with Gasteiger partial charge in [-0.3, -0.25) is 0 Å². The molecule has 0 amide bonds. The summed E-state index contributed by atoms with van der Waals surface area (Å²) in [4.78, 5) is 9.85. The molecule has 0 saturated heterocycles. The summed E-state index contributed by atoms with van der Waals surface area (Å²) < 4.78 is 4.43. The molecule has 0 rings (SSSR count). The van der Waals surface area contributed by atoms with E-state index in [2.05, 4.69) is 17.4 Å². The molecule has 0 aromatic rings. The molecule has 0 bridgehead atoms. The second-order valence-electron chi connectivity index (χ2n) is 1.42. The normalized spacial score (nSPS) is 9.00. The summed E-state index contributed by atoms with van der Waals surface area (Å²) in [5.74, 6) is 0. The molecule has 1 radical (unpaired) electrons. The molecule has 0 unspecified atom stereocenters. The van der Waals surface area contributed by atoms with E-state index in [1.165, 1.54) is 0 Å². The Bertz CT molecular complexity index is 70.1. The van der Waals surface area contributed by atoms with Crippen LogP contribution in [-0.2, 0) is 4.74 Å². The molecule has 0 aromatic heterocycles. The first-order chi connectivity index (χ1) is 3.13. The molecule has 0 saturated carbocycles. The van der Waals surface area contributed by atoms with E-state index >= 15 is 0 Å². The maximum Gasteiger partial charge on any atom is 0.400 e.